The summed E-state index contributed by atoms with van der Waals surface area (Å²) in [5.74, 6) is 1.99. The van der Waals surface area contributed by atoms with Crippen molar-refractivity contribution in [2.75, 3.05) is 0 Å². The van der Waals surface area contributed by atoms with Crippen molar-refractivity contribution in [3.8, 4) is 0 Å². The summed E-state index contributed by atoms with van der Waals surface area (Å²) < 4.78 is 5.20. The van der Waals surface area contributed by atoms with Crippen molar-refractivity contribution in [1.29, 1.82) is 0 Å². The maximum Gasteiger partial charge on any atom is 0.236 e. The molecule has 3 aromatic rings. The third-order valence-corrected chi connectivity index (χ3v) is 4.76. The molecule has 0 fully saturated rings. The second kappa shape index (κ2) is 6.99. The number of thioether (sulfide) groups is 1. The first-order valence-electron chi connectivity index (χ1n) is 6.93. The first kappa shape index (κ1) is 15.1. The van der Waals surface area contributed by atoms with Crippen LogP contribution in [-0.4, -0.2) is 10.1 Å². The van der Waals surface area contributed by atoms with Gasteiger partial charge in [0.1, 0.15) is 0 Å². The Kier molecular flexibility index (Phi) is 4.80. The Hall–Kier alpha value is -1.78. The van der Waals surface area contributed by atoms with Crippen molar-refractivity contribution >= 4 is 23.4 Å². The number of rotatable bonds is 5. The summed E-state index contributed by atoms with van der Waals surface area (Å²) in [5, 5.41) is 4.78. The van der Waals surface area contributed by atoms with Crippen LogP contribution in [0.3, 0.4) is 0 Å². The van der Waals surface area contributed by atoms with Crippen LogP contribution in [0.4, 0.5) is 0 Å². The average molecular weight is 331 g/mol. The van der Waals surface area contributed by atoms with Gasteiger partial charge in [0, 0.05) is 5.02 Å². The van der Waals surface area contributed by atoms with E-state index < -0.39 is 0 Å². The molecule has 0 bridgehead atoms. The van der Waals surface area contributed by atoms with Crippen LogP contribution in [0.1, 0.15) is 28.1 Å². The fourth-order valence-electron chi connectivity index (χ4n) is 2.20. The van der Waals surface area contributed by atoms with Gasteiger partial charge in [0.25, 0.3) is 0 Å². The molecule has 0 aliphatic rings. The van der Waals surface area contributed by atoms with Crippen LogP contribution in [-0.2, 0) is 5.75 Å². The van der Waals surface area contributed by atoms with E-state index in [2.05, 4.69) is 46.5 Å². The van der Waals surface area contributed by atoms with Crippen LogP contribution in [0.5, 0.6) is 0 Å². The highest BCUT2D eigenvalue weighted by molar-refractivity contribution is 7.98. The summed E-state index contributed by atoms with van der Waals surface area (Å²) in [6.45, 7) is 1.82. The minimum atomic E-state index is 0.200. The van der Waals surface area contributed by atoms with Gasteiger partial charge >= 0.3 is 0 Å². The number of aryl methyl sites for hydroxylation is 1. The maximum absolute atomic E-state index is 6.00. The third kappa shape index (κ3) is 3.70. The van der Waals surface area contributed by atoms with Gasteiger partial charge in [0.05, 0.1) is 11.0 Å². The summed E-state index contributed by atoms with van der Waals surface area (Å²) >= 11 is 7.76. The molecule has 2 aromatic carbocycles. The summed E-state index contributed by atoms with van der Waals surface area (Å²) in [5.41, 5.74) is 2.45. The van der Waals surface area contributed by atoms with Crippen molar-refractivity contribution in [2.45, 2.75) is 17.9 Å². The van der Waals surface area contributed by atoms with Gasteiger partial charge in [-0.15, -0.1) is 11.8 Å². The van der Waals surface area contributed by atoms with E-state index in [-0.39, 0.29) is 5.25 Å². The van der Waals surface area contributed by atoms with Crippen LogP contribution in [0.2, 0.25) is 5.02 Å². The van der Waals surface area contributed by atoms with Crippen LogP contribution in [0, 0.1) is 6.92 Å². The molecule has 3 rings (SSSR count). The lowest BCUT2D eigenvalue weighted by molar-refractivity contribution is 0.387. The lowest BCUT2D eigenvalue weighted by Crippen LogP contribution is -1.97. The lowest BCUT2D eigenvalue weighted by atomic mass is 10.0. The highest BCUT2D eigenvalue weighted by Gasteiger charge is 2.16. The minimum Gasteiger partial charge on any atom is -0.338 e. The minimum absolute atomic E-state index is 0.200. The SMILES string of the molecule is Cc1noc(CSC(c2ccccc2)c2ccc(Cl)cc2)n1. The van der Waals surface area contributed by atoms with Gasteiger partial charge in [-0.1, -0.05) is 59.2 Å². The Morgan fingerprint density at radius 1 is 1.05 bits per heavy atom. The van der Waals surface area contributed by atoms with E-state index in [1.54, 1.807) is 11.8 Å². The maximum atomic E-state index is 6.00. The topological polar surface area (TPSA) is 38.9 Å². The molecule has 112 valence electrons. The predicted molar refractivity (Wildman–Crippen MR) is 90.1 cm³/mol. The molecule has 0 saturated heterocycles. The monoisotopic (exact) mass is 330 g/mol. The molecule has 0 radical (unpaired) electrons. The summed E-state index contributed by atoms with van der Waals surface area (Å²) in [7, 11) is 0. The van der Waals surface area contributed by atoms with E-state index >= 15 is 0 Å². The molecule has 0 amide bonds. The number of halogens is 1. The highest BCUT2D eigenvalue weighted by atomic mass is 35.5. The number of nitrogens with zero attached hydrogens (tertiary/aromatic N) is 2. The van der Waals surface area contributed by atoms with E-state index in [9.17, 15) is 0 Å². The van der Waals surface area contributed by atoms with E-state index in [4.69, 9.17) is 16.1 Å². The van der Waals surface area contributed by atoms with Gasteiger partial charge in [-0.05, 0) is 30.2 Å². The van der Waals surface area contributed by atoms with E-state index in [1.807, 2.05) is 25.1 Å². The summed E-state index contributed by atoms with van der Waals surface area (Å²) in [6.07, 6.45) is 0. The largest absolute Gasteiger partial charge is 0.338 e. The van der Waals surface area contributed by atoms with E-state index in [0.29, 0.717) is 17.5 Å². The smallest absolute Gasteiger partial charge is 0.236 e. The third-order valence-electron chi connectivity index (χ3n) is 3.22. The zero-order chi connectivity index (χ0) is 15.4. The Balaban J connectivity index is 1.84. The molecule has 0 N–H and O–H groups in total. The summed E-state index contributed by atoms with van der Waals surface area (Å²) in [4.78, 5) is 4.26. The molecular formula is C17H15ClN2OS. The fraction of sp³-hybridized carbons (Fsp3) is 0.176. The second-order valence-electron chi connectivity index (χ2n) is 4.89. The van der Waals surface area contributed by atoms with E-state index in [1.165, 1.54) is 11.1 Å². The zero-order valence-corrected chi connectivity index (χ0v) is 13.6. The van der Waals surface area contributed by atoms with Crippen LogP contribution < -0.4 is 0 Å². The number of aromatic nitrogens is 2. The van der Waals surface area contributed by atoms with Gasteiger partial charge in [-0.2, -0.15) is 4.98 Å². The first-order chi connectivity index (χ1) is 10.7. The molecule has 1 unspecified atom stereocenters. The molecule has 0 aliphatic heterocycles. The molecule has 3 nitrogen and oxygen atoms in total. The van der Waals surface area contributed by atoms with Gasteiger partial charge in [-0.3, -0.25) is 0 Å². The number of benzene rings is 2. The fourth-order valence-corrected chi connectivity index (χ4v) is 3.46. The van der Waals surface area contributed by atoms with Crippen molar-refractivity contribution in [3.63, 3.8) is 0 Å². The normalized spacial score (nSPS) is 12.3. The number of hydrogen-bond donors (Lipinski definition) is 0. The van der Waals surface area contributed by atoms with Crippen molar-refractivity contribution in [3.05, 3.63) is 82.5 Å². The molecule has 5 heteroatoms. The lowest BCUT2D eigenvalue weighted by Gasteiger charge is -2.17. The standard InChI is InChI=1S/C17H15ClN2OS/c1-12-19-16(21-20-12)11-22-17(13-5-3-2-4-6-13)14-7-9-15(18)10-8-14/h2-10,17H,11H2,1H3. The molecule has 22 heavy (non-hydrogen) atoms. The Bertz CT molecular complexity index is 728. The van der Waals surface area contributed by atoms with Crippen LogP contribution in [0.15, 0.2) is 59.1 Å². The quantitative estimate of drug-likeness (QED) is 0.656. The Labute approximate surface area is 138 Å². The highest BCUT2D eigenvalue weighted by Crippen LogP contribution is 2.37. The van der Waals surface area contributed by atoms with Crippen molar-refractivity contribution in [2.24, 2.45) is 0 Å². The summed E-state index contributed by atoms with van der Waals surface area (Å²) in [6, 6.07) is 18.4. The predicted octanol–water partition coefficient (Wildman–Crippen LogP) is 5.05. The molecule has 1 aromatic heterocycles. The Morgan fingerprint density at radius 2 is 1.73 bits per heavy atom. The van der Waals surface area contributed by atoms with Gasteiger partial charge in [0.2, 0.25) is 5.89 Å². The molecule has 0 saturated carbocycles. The van der Waals surface area contributed by atoms with Crippen LogP contribution in [0.25, 0.3) is 0 Å². The van der Waals surface area contributed by atoms with Gasteiger partial charge in [-0.25, -0.2) is 0 Å². The van der Waals surface area contributed by atoms with Gasteiger partial charge < -0.3 is 4.52 Å². The molecular weight excluding hydrogens is 316 g/mol. The van der Waals surface area contributed by atoms with Gasteiger partial charge in [0.15, 0.2) is 5.82 Å². The molecule has 1 heterocycles. The average Bonchev–Trinajstić information content (AvgIpc) is 2.96. The first-order valence-corrected chi connectivity index (χ1v) is 8.36. The van der Waals surface area contributed by atoms with Crippen LogP contribution >= 0.6 is 23.4 Å². The zero-order valence-electron chi connectivity index (χ0n) is 12.1. The van der Waals surface area contributed by atoms with Crippen molar-refractivity contribution < 1.29 is 4.52 Å². The van der Waals surface area contributed by atoms with E-state index in [0.717, 1.165) is 5.02 Å². The number of hydrogen-bond acceptors (Lipinski definition) is 4. The molecule has 1 atom stereocenters. The Morgan fingerprint density at radius 3 is 2.36 bits per heavy atom. The molecule has 0 aliphatic carbocycles. The second-order valence-corrected chi connectivity index (χ2v) is 6.42. The molecule has 0 spiro atoms. The van der Waals surface area contributed by atoms with Crippen molar-refractivity contribution in [1.82, 2.24) is 10.1 Å².